The van der Waals surface area contributed by atoms with Crippen molar-refractivity contribution in [3.8, 4) is 0 Å². The topological polar surface area (TPSA) is 65.5 Å². The van der Waals surface area contributed by atoms with E-state index in [0.717, 1.165) is 36.3 Å². The van der Waals surface area contributed by atoms with E-state index in [4.69, 9.17) is 0 Å². The van der Waals surface area contributed by atoms with E-state index < -0.39 is 10.2 Å². The molecule has 3 heterocycles. The Morgan fingerprint density at radius 2 is 1.86 bits per heavy atom. The average molecular weight is 405 g/mol. The van der Waals surface area contributed by atoms with Gasteiger partial charge >= 0.3 is 0 Å². The van der Waals surface area contributed by atoms with Crippen molar-refractivity contribution in [1.82, 2.24) is 13.6 Å². The Morgan fingerprint density at radius 3 is 2.61 bits per heavy atom. The summed E-state index contributed by atoms with van der Waals surface area (Å²) < 4.78 is 42.2. The molecule has 0 radical (unpaired) electrons. The molecule has 0 saturated carbocycles. The van der Waals surface area contributed by atoms with Crippen molar-refractivity contribution in [3.63, 3.8) is 0 Å². The number of anilines is 2. The zero-order valence-corrected chi connectivity index (χ0v) is 16.8. The number of benzene rings is 1. The summed E-state index contributed by atoms with van der Waals surface area (Å²) in [7, 11) is -3.37. The monoisotopic (exact) mass is 404 g/mol. The molecule has 1 aromatic heterocycles. The first-order chi connectivity index (χ1) is 13.4. The second kappa shape index (κ2) is 7.77. The Labute approximate surface area is 165 Å². The highest BCUT2D eigenvalue weighted by molar-refractivity contribution is 7.86. The van der Waals surface area contributed by atoms with E-state index in [1.165, 1.54) is 12.1 Å². The zero-order valence-electron chi connectivity index (χ0n) is 15.9. The minimum atomic E-state index is -3.37. The summed E-state index contributed by atoms with van der Waals surface area (Å²) in [5, 5.41) is 3.22. The Morgan fingerprint density at radius 1 is 1.07 bits per heavy atom. The molecule has 2 aliphatic rings. The molecule has 28 heavy (non-hydrogen) atoms. The minimum absolute atomic E-state index is 0.0605. The van der Waals surface area contributed by atoms with Gasteiger partial charge in [0, 0.05) is 54.9 Å². The fourth-order valence-electron chi connectivity index (χ4n) is 3.97. The molecule has 0 bridgehead atoms. The molecular formula is C20H25FN4O2S. The van der Waals surface area contributed by atoms with Gasteiger partial charge in [-0.3, -0.25) is 4.98 Å². The Kier molecular flexibility index (Phi) is 5.35. The highest BCUT2D eigenvalue weighted by Crippen LogP contribution is 2.32. The third-order valence-electron chi connectivity index (χ3n) is 5.37. The van der Waals surface area contributed by atoms with Crippen LogP contribution in [0.4, 0.5) is 15.8 Å². The van der Waals surface area contributed by atoms with E-state index in [0.29, 0.717) is 31.9 Å². The number of rotatable bonds is 5. The number of hydrogen-bond acceptors (Lipinski definition) is 4. The summed E-state index contributed by atoms with van der Waals surface area (Å²) in [5.74, 6) is -0.236. The van der Waals surface area contributed by atoms with Gasteiger partial charge in [0.2, 0.25) is 0 Å². The van der Waals surface area contributed by atoms with E-state index in [1.807, 2.05) is 19.1 Å². The van der Waals surface area contributed by atoms with Crippen molar-refractivity contribution in [2.75, 3.05) is 31.5 Å². The summed E-state index contributed by atoms with van der Waals surface area (Å²) in [4.78, 5) is 4.64. The molecule has 2 aromatic rings. The number of aryl methyl sites for hydroxylation is 1. The van der Waals surface area contributed by atoms with Crippen molar-refractivity contribution in [3.05, 3.63) is 53.6 Å². The van der Waals surface area contributed by atoms with Gasteiger partial charge in [0.15, 0.2) is 0 Å². The van der Waals surface area contributed by atoms with Crippen molar-refractivity contribution in [1.29, 1.82) is 0 Å². The Hall–Kier alpha value is -2.03. The maximum absolute atomic E-state index is 13.4. The minimum Gasteiger partial charge on any atom is -0.355 e. The first kappa shape index (κ1) is 19.3. The predicted molar refractivity (Wildman–Crippen MR) is 107 cm³/mol. The lowest BCUT2D eigenvalue weighted by atomic mass is 10.0. The zero-order chi connectivity index (χ0) is 19.7. The molecule has 2 aliphatic heterocycles. The van der Waals surface area contributed by atoms with Crippen molar-refractivity contribution >= 4 is 21.6 Å². The molecular weight excluding hydrogens is 379 g/mol. The molecule has 150 valence electrons. The van der Waals surface area contributed by atoms with Crippen LogP contribution >= 0.6 is 0 Å². The van der Waals surface area contributed by atoms with Crippen LogP contribution in [-0.4, -0.2) is 48.2 Å². The quantitative estimate of drug-likeness (QED) is 0.830. The van der Waals surface area contributed by atoms with Gasteiger partial charge in [-0.05, 0) is 56.5 Å². The number of pyridine rings is 1. The van der Waals surface area contributed by atoms with Gasteiger partial charge in [-0.1, -0.05) is 6.07 Å². The van der Waals surface area contributed by atoms with Gasteiger partial charge in [-0.15, -0.1) is 0 Å². The van der Waals surface area contributed by atoms with Crippen LogP contribution in [0.15, 0.2) is 36.4 Å². The standard InChI is InChI=1S/C20H25FN4O2S/c1-15-11-19(23-18-6-4-5-17(21)12-18)13-20(22-15)16-7-10-25(14-16)28(26,27)24-8-2-3-9-24/h4-6,11-13,16H,2-3,7-10,14H2,1H3,(H,22,23)/t16-/m0/s1. The second-order valence-corrected chi connectivity index (χ2v) is 9.44. The Bertz CT molecular complexity index is 960. The lowest BCUT2D eigenvalue weighted by Crippen LogP contribution is -2.41. The van der Waals surface area contributed by atoms with Crippen LogP contribution in [0, 0.1) is 12.7 Å². The molecule has 6 nitrogen and oxygen atoms in total. The third kappa shape index (κ3) is 4.04. The number of halogens is 1. The number of aromatic nitrogens is 1. The lowest BCUT2D eigenvalue weighted by molar-refractivity contribution is 0.395. The molecule has 0 amide bonds. The van der Waals surface area contributed by atoms with Crippen LogP contribution in [0.3, 0.4) is 0 Å². The SMILES string of the molecule is Cc1cc(Nc2cccc(F)c2)cc([C@H]2CCN(S(=O)(=O)N3CCCC3)C2)n1. The number of nitrogens with zero attached hydrogens (tertiary/aromatic N) is 3. The molecule has 0 spiro atoms. The smallest absolute Gasteiger partial charge is 0.281 e. The van der Waals surface area contributed by atoms with Gasteiger partial charge in [0.25, 0.3) is 10.2 Å². The number of hydrogen-bond donors (Lipinski definition) is 1. The maximum atomic E-state index is 13.4. The average Bonchev–Trinajstić information content (AvgIpc) is 3.34. The van der Waals surface area contributed by atoms with Crippen LogP contribution in [0.1, 0.15) is 36.6 Å². The van der Waals surface area contributed by atoms with Crippen LogP contribution in [0.2, 0.25) is 0 Å². The molecule has 0 aliphatic carbocycles. The summed E-state index contributed by atoms with van der Waals surface area (Å²) in [5.41, 5.74) is 3.21. The van der Waals surface area contributed by atoms with E-state index in [9.17, 15) is 12.8 Å². The molecule has 2 fully saturated rings. The van der Waals surface area contributed by atoms with Gasteiger partial charge in [-0.2, -0.15) is 17.0 Å². The van der Waals surface area contributed by atoms with Gasteiger partial charge in [0.05, 0.1) is 0 Å². The fraction of sp³-hybridized carbons (Fsp3) is 0.450. The molecule has 2 saturated heterocycles. The summed E-state index contributed by atoms with van der Waals surface area (Å²) in [6.07, 6.45) is 2.62. The highest BCUT2D eigenvalue weighted by atomic mass is 32.2. The molecule has 1 N–H and O–H groups in total. The van der Waals surface area contributed by atoms with Crippen LogP contribution in [-0.2, 0) is 10.2 Å². The van der Waals surface area contributed by atoms with Gasteiger partial charge in [-0.25, -0.2) is 4.39 Å². The first-order valence-electron chi connectivity index (χ1n) is 9.68. The van der Waals surface area contributed by atoms with Gasteiger partial charge < -0.3 is 5.32 Å². The van der Waals surface area contributed by atoms with E-state index in [-0.39, 0.29) is 11.7 Å². The fourth-order valence-corrected chi connectivity index (χ4v) is 5.72. The van der Waals surface area contributed by atoms with Crippen LogP contribution in [0.25, 0.3) is 0 Å². The van der Waals surface area contributed by atoms with E-state index in [2.05, 4.69) is 10.3 Å². The van der Waals surface area contributed by atoms with Gasteiger partial charge in [0.1, 0.15) is 5.82 Å². The largest absolute Gasteiger partial charge is 0.355 e. The molecule has 1 atom stereocenters. The Balaban J connectivity index is 1.51. The third-order valence-corrected chi connectivity index (χ3v) is 7.38. The van der Waals surface area contributed by atoms with Crippen molar-refractivity contribution in [2.24, 2.45) is 0 Å². The van der Waals surface area contributed by atoms with E-state index in [1.54, 1.807) is 20.7 Å². The van der Waals surface area contributed by atoms with Crippen LogP contribution < -0.4 is 5.32 Å². The molecule has 4 rings (SSSR count). The van der Waals surface area contributed by atoms with Crippen molar-refractivity contribution in [2.45, 2.75) is 32.1 Å². The lowest BCUT2D eigenvalue weighted by Gasteiger charge is -2.23. The number of nitrogens with one attached hydrogen (secondary N) is 1. The first-order valence-corrected chi connectivity index (χ1v) is 11.1. The molecule has 0 unspecified atom stereocenters. The second-order valence-electron chi connectivity index (χ2n) is 7.51. The maximum Gasteiger partial charge on any atom is 0.281 e. The normalized spacial score (nSPS) is 21.3. The summed E-state index contributed by atoms with van der Waals surface area (Å²) in [6, 6.07) is 10.2. The predicted octanol–water partition coefficient (Wildman–Crippen LogP) is 3.40. The highest BCUT2D eigenvalue weighted by Gasteiger charge is 2.37. The summed E-state index contributed by atoms with van der Waals surface area (Å²) >= 11 is 0. The summed E-state index contributed by atoms with van der Waals surface area (Å²) in [6.45, 7) is 4.12. The molecule has 8 heteroatoms. The van der Waals surface area contributed by atoms with E-state index >= 15 is 0 Å². The van der Waals surface area contributed by atoms with Crippen LogP contribution in [0.5, 0.6) is 0 Å². The van der Waals surface area contributed by atoms with Crippen molar-refractivity contribution < 1.29 is 12.8 Å². The molecule has 1 aromatic carbocycles.